The molecule has 0 radical (unpaired) electrons. The summed E-state index contributed by atoms with van der Waals surface area (Å²) in [5.74, 6) is -3.27. The van der Waals surface area contributed by atoms with Gasteiger partial charge in [-0.05, 0) is 0 Å². The Hall–Kier alpha value is -0.840. The molecule has 0 rings (SSSR count). The normalized spacial score (nSPS) is 14.2. The number of carbonyl (C=O) groups excluding carboxylic acids is 3. The summed E-state index contributed by atoms with van der Waals surface area (Å²) in [5.41, 5.74) is 0. The number of carboxylic acids is 1. The van der Waals surface area contributed by atoms with Crippen molar-refractivity contribution in [3.8, 4) is 0 Å². The van der Waals surface area contributed by atoms with E-state index in [-0.39, 0.29) is 0 Å². The van der Waals surface area contributed by atoms with Crippen LogP contribution < -0.4 is 21.0 Å². The van der Waals surface area contributed by atoms with E-state index in [1.165, 1.54) is 6.92 Å². The molecular weight excluding hydrogens is 379 g/mol. The second-order valence-corrected chi connectivity index (χ2v) is 5.05. The van der Waals surface area contributed by atoms with Crippen molar-refractivity contribution < 1.29 is 54.8 Å². The minimum atomic E-state index is -1.64. The number of carbonyl (C=O) groups is 4. The molecule has 0 aromatic heterocycles. The number of hydrogen-bond acceptors (Lipinski definition) is 7. The third-order valence-electron chi connectivity index (χ3n) is 1.65. The Bertz CT molecular complexity index is 376. The van der Waals surface area contributed by atoms with Crippen LogP contribution in [0, 0.1) is 0 Å². The van der Waals surface area contributed by atoms with Gasteiger partial charge in [-0.3, -0.25) is 0 Å². The van der Waals surface area contributed by atoms with Gasteiger partial charge in [0.25, 0.3) is 0 Å². The zero-order chi connectivity index (χ0) is 15.0. The quantitative estimate of drug-likeness (QED) is 0.356. The van der Waals surface area contributed by atoms with Crippen molar-refractivity contribution in [3.05, 3.63) is 0 Å². The van der Waals surface area contributed by atoms with E-state index in [1.54, 1.807) is 0 Å². The predicted molar refractivity (Wildman–Crippen MR) is 57.4 cm³/mol. The van der Waals surface area contributed by atoms with Gasteiger partial charge in [-0.2, -0.15) is 0 Å². The van der Waals surface area contributed by atoms with E-state index in [9.17, 15) is 19.2 Å². The Morgan fingerprint density at radius 2 is 2.00 bits per heavy atom. The average molecular weight is 393 g/mol. The van der Waals surface area contributed by atoms with E-state index in [0.717, 1.165) is 15.9 Å². The molecule has 0 aliphatic heterocycles. The van der Waals surface area contributed by atoms with Crippen LogP contribution >= 0.6 is 8.93 Å². The molecule has 0 heterocycles. The molecule has 7 nitrogen and oxygen atoms in total. The molecule has 0 aromatic rings. The molecule has 0 aliphatic rings. The molecule has 1 N–H and O–H groups in total. The molecule has 0 amide bonds. The van der Waals surface area contributed by atoms with Crippen LogP contribution in [0.4, 0.5) is 0 Å². The maximum absolute atomic E-state index is 11.4. The Morgan fingerprint density at radius 1 is 1.39 bits per heavy atom. The van der Waals surface area contributed by atoms with Crippen molar-refractivity contribution in [1.82, 2.24) is 0 Å². The van der Waals surface area contributed by atoms with E-state index >= 15 is 0 Å². The van der Waals surface area contributed by atoms with E-state index in [0.29, 0.717) is 0 Å². The molecular formula is C9H12IO7S-. The summed E-state index contributed by atoms with van der Waals surface area (Å²) in [4.78, 5) is 44.0. The number of ether oxygens (including phenoxy) is 2. The summed E-state index contributed by atoms with van der Waals surface area (Å²) >= 11 is -1.07. The van der Waals surface area contributed by atoms with Crippen LogP contribution in [-0.2, 0) is 28.7 Å². The van der Waals surface area contributed by atoms with Gasteiger partial charge in [0.1, 0.15) is 0 Å². The van der Waals surface area contributed by atoms with E-state index in [4.69, 9.17) is 10.4 Å². The van der Waals surface area contributed by atoms with Gasteiger partial charge < -0.3 is 0 Å². The Morgan fingerprint density at radius 3 is 2.44 bits per heavy atom. The zero-order valence-electron chi connectivity index (χ0n) is 10.5. The van der Waals surface area contributed by atoms with Crippen molar-refractivity contribution in [3.63, 3.8) is 0 Å². The van der Waals surface area contributed by atoms with E-state index in [2.05, 4.69) is 4.74 Å². The SMILES string of the molecule is [3H][I-]SC(=O)[C@H](C)OC(=O)C[C@H](OC(C)=O)C(=O)O. The van der Waals surface area contributed by atoms with E-state index in [1.807, 2.05) is 0 Å². The van der Waals surface area contributed by atoms with E-state index < -0.39 is 62.7 Å². The molecule has 0 saturated carbocycles. The molecule has 0 aromatic carbocycles. The monoisotopic (exact) mass is 393 g/mol. The maximum atomic E-state index is 11.4. The van der Waals surface area contributed by atoms with Crippen LogP contribution in [0.1, 0.15) is 20.3 Å². The number of aliphatic carboxylic acids is 1. The molecule has 0 unspecified atom stereocenters. The van der Waals surface area contributed by atoms with Gasteiger partial charge in [-0.15, -0.1) is 0 Å². The summed E-state index contributed by atoms with van der Waals surface area (Å²) in [6.45, 7) is 2.34. The second-order valence-electron chi connectivity index (χ2n) is 3.17. The molecule has 9 heteroatoms. The van der Waals surface area contributed by atoms with Gasteiger partial charge in [0, 0.05) is 0 Å². The first-order valence-corrected chi connectivity index (χ1v) is 8.05. The Kier molecular flexibility index (Phi) is 7.01. The number of hydrogen-bond donors (Lipinski definition) is 1. The molecule has 0 spiro atoms. The standard InChI is InChI=1S/C9H12IO7S/c1-4(9(15)18-10)16-7(12)3-6(8(13)14)17-5(2)11/h4,6,10H,3H2,1-2H3,(H,13,14)/q-1/t4-,6-/m0/s1/i10T. The van der Waals surface area contributed by atoms with Crippen LogP contribution in [0.2, 0.25) is 0 Å². The van der Waals surface area contributed by atoms with Crippen molar-refractivity contribution >= 4 is 32.0 Å². The number of rotatable bonds is 7. The first-order chi connectivity index (χ1) is 8.77. The van der Waals surface area contributed by atoms with Crippen LogP contribution in [0.25, 0.3) is 0 Å². The molecule has 104 valence electrons. The predicted octanol–water partition coefficient (Wildman–Crippen LogP) is -3.22. The molecule has 0 saturated heterocycles. The first-order valence-electron chi connectivity index (χ1n) is 5.07. The topological polar surface area (TPSA) is 107 Å². The molecule has 2 atom stereocenters. The van der Waals surface area contributed by atoms with Crippen molar-refractivity contribution in [2.24, 2.45) is 0 Å². The fourth-order valence-corrected chi connectivity index (χ4v) is 2.13. The van der Waals surface area contributed by atoms with Crippen molar-refractivity contribution in [1.29, 1.82) is 0.594 Å². The molecule has 0 aliphatic carbocycles. The summed E-state index contributed by atoms with van der Waals surface area (Å²) in [5, 5.41) is 8.26. The van der Waals surface area contributed by atoms with Gasteiger partial charge in [-0.1, -0.05) is 0 Å². The number of halogens is 1. The van der Waals surface area contributed by atoms with Crippen molar-refractivity contribution in [2.75, 3.05) is 0 Å². The van der Waals surface area contributed by atoms with Gasteiger partial charge in [0.2, 0.25) is 0 Å². The Balaban J connectivity index is 4.37. The molecule has 0 bridgehead atoms. The first kappa shape index (κ1) is 15.2. The van der Waals surface area contributed by atoms with Gasteiger partial charge in [0.15, 0.2) is 0 Å². The number of esters is 2. The summed E-state index contributed by atoms with van der Waals surface area (Å²) < 4.78 is 16.0. The number of carboxylic acid groups (broad SMARTS) is 1. The summed E-state index contributed by atoms with van der Waals surface area (Å²) in [7, 11) is 0.776. The molecule has 18 heavy (non-hydrogen) atoms. The third kappa shape index (κ3) is 6.79. The Labute approximate surface area is 120 Å². The fraction of sp³-hybridized carbons (Fsp3) is 0.556. The second kappa shape index (κ2) is 8.29. The van der Waals surface area contributed by atoms with Gasteiger partial charge >= 0.3 is 120 Å². The van der Waals surface area contributed by atoms with Gasteiger partial charge in [-0.25, -0.2) is 0 Å². The summed E-state index contributed by atoms with van der Waals surface area (Å²) in [6, 6.07) is 0. The molecule has 0 fully saturated rings. The van der Waals surface area contributed by atoms with Crippen LogP contribution in [0.15, 0.2) is 0 Å². The minimum absolute atomic E-state index is 0.462. The fourth-order valence-electron chi connectivity index (χ4n) is 0.887. The van der Waals surface area contributed by atoms with Gasteiger partial charge in [0.05, 0.1) is 0 Å². The third-order valence-corrected chi connectivity index (χ3v) is 3.44. The van der Waals surface area contributed by atoms with Crippen LogP contribution in [0.3, 0.4) is 0 Å². The van der Waals surface area contributed by atoms with Crippen LogP contribution in [-0.4, -0.2) is 40.9 Å². The average Bonchev–Trinajstić information content (AvgIpc) is 2.27. The van der Waals surface area contributed by atoms with Crippen molar-refractivity contribution in [2.45, 2.75) is 32.5 Å². The van der Waals surface area contributed by atoms with Crippen LogP contribution in [0.5, 0.6) is 0 Å². The zero-order valence-corrected chi connectivity index (χ0v) is 12.5. The summed E-state index contributed by atoms with van der Waals surface area (Å²) in [6.07, 6.45) is -3.37.